The number of ketones is 1. The van der Waals surface area contributed by atoms with Crippen molar-refractivity contribution in [3.05, 3.63) is 66.0 Å². The van der Waals surface area contributed by atoms with Gasteiger partial charge in [-0.25, -0.2) is 4.98 Å². The van der Waals surface area contributed by atoms with Crippen molar-refractivity contribution in [2.45, 2.75) is 12.8 Å². The van der Waals surface area contributed by atoms with Crippen molar-refractivity contribution in [3.63, 3.8) is 0 Å². The fourth-order valence-electron chi connectivity index (χ4n) is 4.12. The van der Waals surface area contributed by atoms with E-state index in [9.17, 15) is 9.59 Å². The summed E-state index contributed by atoms with van der Waals surface area (Å²) in [4.78, 5) is 35.5. The monoisotopic (exact) mass is 403 g/mol. The zero-order valence-electron chi connectivity index (χ0n) is 16.3. The standard InChI is InChI=1S/C23H21N3O4/c27-21(15-7-8-19-20(12-15)30-14-29-19)16-4-3-11-26(13-16)23(28)18-6-2-1-5-17(18)22-24-9-10-25-22/h1-2,5-10,12,16H,3-4,11,13-14H2,(H,24,25). The molecule has 152 valence electrons. The van der Waals surface area contributed by atoms with Gasteiger partial charge in [-0.3, -0.25) is 9.59 Å². The number of carbonyl (C=O) groups excluding carboxylic acids is 2. The fraction of sp³-hybridized carbons (Fsp3) is 0.261. The molecule has 1 atom stereocenters. The number of likely N-dealkylation sites (tertiary alicyclic amines) is 1. The van der Waals surface area contributed by atoms with Crippen LogP contribution in [0, 0.1) is 5.92 Å². The molecule has 0 aliphatic carbocycles. The molecule has 30 heavy (non-hydrogen) atoms. The van der Waals surface area contributed by atoms with Gasteiger partial charge in [0, 0.05) is 42.5 Å². The smallest absolute Gasteiger partial charge is 0.254 e. The molecule has 2 aliphatic rings. The van der Waals surface area contributed by atoms with Crippen LogP contribution in [0.3, 0.4) is 0 Å². The molecule has 5 rings (SSSR count). The van der Waals surface area contributed by atoms with E-state index in [-0.39, 0.29) is 24.4 Å². The molecule has 1 unspecified atom stereocenters. The molecule has 1 N–H and O–H groups in total. The van der Waals surface area contributed by atoms with E-state index in [4.69, 9.17) is 9.47 Å². The number of aromatic amines is 1. The number of piperidine rings is 1. The van der Waals surface area contributed by atoms with Gasteiger partial charge in [0.2, 0.25) is 6.79 Å². The second-order valence-electron chi connectivity index (χ2n) is 7.51. The Hall–Kier alpha value is -3.61. The van der Waals surface area contributed by atoms with E-state index in [2.05, 4.69) is 9.97 Å². The van der Waals surface area contributed by atoms with E-state index in [1.54, 1.807) is 35.5 Å². The number of hydrogen-bond acceptors (Lipinski definition) is 5. The number of carbonyl (C=O) groups is 2. The second kappa shape index (κ2) is 7.67. The Kier molecular flexibility index (Phi) is 4.71. The van der Waals surface area contributed by atoms with Crippen LogP contribution in [0.15, 0.2) is 54.9 Å². The van der Waals surface area contributed by atoms with Crippen molar-refractivity contribution < 1.29 is 19.1 Å². The largest absolute Gasteiger partial charge is 0.454 e. The first-order valence-electron chi connectivity index (χ1n) is 10.0. The van der Waals surface area contributed by atoms with Gasteiger partial charge in [0.15, 0.2) is 17.3 Å². The van der Waals surface area contributed by atoms with E-state index in [0.29, 0.717) is 41.5 Å². The van der Waals surface area contributed by atoms with Gasteiger partial charge < -0.3 is 19.4 Å². The number of amides is 1. The Bertz CT molecular complexity index is 1090. The lowest BCUT2D eigenvalue weighted by molar-refractivity contribution is 0.0637. The molecule has 0 radical (unpaired) electrons. The average Bonchev–Trinajstić information content (AvgIpc) is 3.50. The number of imidazole rings is 1. The first-order valence-corrected chi connectivity index (χ1v) is 10.0. The van der Waals surface area contributed by atoms with E-state index < -0.39 is 0 Å². The summed E-state index contributed by atoms with van der Waals surface area (Å²) in [6.45, 7) is 1.21. The Morgan fingerprint density at radius 2 is 1.97 bits per heavy atom. The van der Waals surface area contributed by atoms with E-state index in [1.807, 2.05) is 24.3 Å². The molecule has 3 aromatic rings. The van der Waals surface area contributed by atoms with Crippen molar-refractivity contribution >= 4 is 11.7 Å². The van der Waals surface area contributed by atoms with Crippen LogP contribution in [0.5, 0.6) is 11.5 Å². The molecule has 1 saturated heterocycles. The third-order valence-corrected chi connectivity index (χ3v) is 5.65. The number of fused-ring (bicyclic) bond motifs is 1. The van der Waals surface area contributed by atoms with Gasteiger partial charge in [0.25, 0.3) is 5.91 Å². The number of Topliss-reactive ketones (excluding diaryl/α,β-unsaturated/α-hetero) is 1. The number of nitrogens with zero attached hydrogens (tertiary/aromatic N) is 2. The lowest BCUT2D eigenvalue weighted by Crippen LogP contribution is -2.42. The Morgan fingerprint density at radius 1 is 1.10 bits per heavy atom. The number of aromatic nitrogens is 2. The lowest BCUT2D eigenvalue weighted by Gasteiger charge is -2.32. The maximum absolute atomic E-state index is 13.3. The highest BCUT2D eigenvalue weighted by atomic mass is 16.7. The molecule has 0 bridgehead atoms. The number of nitrogens with one attached hydrogen (secondary N) is 1. The molecular weight excluding hydrogens is 382 g/mol. The molecule has 2 aromatic carbocycles. The minimum absolute atomic E-state index is 0.0325. The summed E-state index contributed by atoms with van der Waals surface area (Å²) in [6.07, 6.45) is 4.95. The number of rotatable bonds is 4. The van der Waals surface area contributed by atoms with Gasteiger partial charge in [-0.1, -0.05) is 18.2 Å². The summed E-state index contributed by atoms with van der Waals surface area (Å²) in [5, 5.41) is 0. The minimum Gasteiger partial charge on any atom is -0.454 e. The molecule has 1 aromatic heterocycles. The van der Waals surface area contributed by atoms with Gasteiger partial charge in [0.05, 0.1) is 5.56 Å². The summed E-state index contributed by atoms with van der Waals surface area (Å²) in [7, 11) is 0. The van der Waals surface area contributed by atoms with Crippen LogP contribution in [0.1, 0.15) is 33.6 Å². The third kappa shape index (κ3) is 3.32. The highest BCUT2D eigenvalue weighted by Gasteiger charge is 2.31. The predicted octanol–water partition coefficient (Wildman–Crippen LogP) is 3.54. The molecule has 7 heteroatoms. The number of ether oxygens (including phenoxy) is 2. The van der Waals surface area contributed by atoms with E-state index in [0.717, 1.165) is 18.4 Å². The topological polar surface area (TPSA) is 84.5 Å². The van der Waals surface area contributed by atoms with Gasteiger partial charge >= 0.3 is 0 Å². The van der Waals surface area contributed by atoms with Crippen LogP contribution in [-0.4, -0.2) is 46.4 Å². The van der Waals surface area contributed by atoms with Crippen LogP contribution in [0.2, 0.25) is 0 Å². The Labute approximate surface area is 173 Å². The van der Waals surface area contributed by atoms with Gasteiger partial charge in [-0.05, 0) is 37.1 Å². The van der Waals surface area contributed by atoms with Crippen LogP contribution in [-0.2, 0) is 0 Å². The van der Waals surface area contributed by atoms with Crippen LogP contribution in [0.4, 0.5) is 0 Å². The van der Waals surface area contributed by atoms with Crippen molar-refractivity contribution in [3.8, 4) is 22.9 Å². The van der Waals surface area contributed by atoms with Gasteiger partial charge in [0.1, 0.15) is 5.82 Å². The summed E-state index contributed by atoms with van der Waals surface area (Å²) >= 11 is 0. The maximum atomic E-state index is 13.3. The minimum atomic E-state index is -0.237. The van der Waals surface area contributed by atoms with Crippen LogP contribution >= 0.6 is 0 Å². The van der Waals surface area contributed by atoms with Crippen molar-refractivity contribution in [1.29, 1.82) is 0 Å². The summed E-state index contributed by atoms with van der Waals surface area (Å²) in [5.74, 6) is 1.62. The number of hydrogen-bond donors (Lipinski definition) is 1. The molecule has 7 nitrogen and oxygen atoms in total. The normalized spacial score (nSPS) is 17.7. The number of H-pyrrole nitrogens is 1. The van der Waals surface area contributed by atoms with Crippen LogP contribution in [0.25, 0.3) is 11.4 Å². The highest BCUT2D eigenvalue weighted by molar-refractivity contribution is 6.02. The van der Waals surface area contributed by atoms with Gasteiger partial charge in [-0.15, -0.1) is 0 Å². The fourth-order valence-corrected chi connectivity index (χ4v) is 4.12. The van der Waals surface area contributed by atoms with Crippen molar-refractivity contribution in [1.82, 2.24) is 14.9 Å². The SMILES string of the molecule is O=C(c1ccc2c(c1)OCO2)C1CCCN(C(=O)c2ccccc2-c2ncc[nH]2)C1. The summed E-state index contributed by atoms with van der Waals surface area (Å²) < 4.78 is 10.7. The Morgan fingerprint density at radius 3 is 2.83 bits per heavy atom. The Balaban J connectivity index is 1.36. The van der Waals surface area contributed by atoms with E-state index >= 15 is 0 Å². The maximum Gasteiger partial charge on any atom is 0.254 e. The van der Waals surface area contributed by atoms with Gasteiger partial charge in [-0.2, -0.15) is 0 Å². The molecule has 0 saturated carbocycles. The molecular formula is C23H21N3O4. The lowest BCUT2D eigenvalue weighted by atomic mass is 9.89. The van der Waals surface area contributed by atoms with Crippen molar-refractivity contribution in [2.75, 3.05) is 19.9 Å². The summed E-state index contributed by atoms with van der Waals surface area (Å²) in [6, 6.07) is 12.7. The average molecular weight is 403 g/mol. The van der Waals surface area contributed by atoms with Crippen molar-refractivity contribution in [2.24, 2.45) is 5.92 Å². The zero-order valence-corrected chi connectivity index (χ0v) is 16.3. The third-order valence-electron chi connectivity index (χ3n) is 5.65. The van der Waals surface area contributed by atoms with Crippen LogP contribution < -0.4 is 9.47 Å². The van der Waals surface area contributed by atoms with E-state index in [1.165, 1.54) is 0 Å². The first-order chi connectivity index (χ1) is 14.7. The quantitative estimate of drug-likeness (QED) is 0.674. The molecule has 1 amide bonds. The summed E-state index contributed by atoms with van der Waals surface area (Å²) in [5.41, 5.74) is 1.94. The molecule has 2 aliphatic heterocycles. The molecule has 3 heterocycles. The number of benzene rings is 2. The molecule has 1 fully saturated rings. The highest BCUT2D eigenvalue weighted by Crippen LogP contribution is 2.34. The predicted molar refractivity (Wildman–Crippen MR) is 110 cm³/mol. The first kappa shape index (κ1) is 18.4. The zero-order chi connectivity index (χ0) is 20.5. The molecule has 0 spiro atoms. The second-order valence-corrected chi connectivity index (χ2v) is 7.51.